The highest BCUT2D eigenvalue weighted by Gasteiger charge is 2.32. The second-order valence-corrected chi connectivity index (χ2v) is 8.46. The zero-order chi connectivity index (χ0) is 24.0. The van der Waals surface area contributed by atoms with Gasteiger partial charge in [-0.25, -0.2) is 15.0 Å². The van der Waals surface area contributed by atoms with Crippen LogP contribution in [0.15, 0.2) is 16.9 Å². The van der Waals surface area contributed by atoms with Gasteiger partial charge in [0.1, 0.15) is 18.3 Å². The van der Waals surface area contributed by atoms with Gasteiger partial charge in [-0.2, -0.15) is 10.1 Å². The topological polar surface area (TPSA) is 117 Å². The first-order valence-corrected chi connectivity index (χ1v) is 11.5. The van der Waals surface area contributed by atoms with Crippen molar-refractivity contribution in [2.75, 3.05) is 13.1 Å². The molecule has 0 bridgehead atoms. The van der Waals surface area contributed by atoms with Crippen molar-refractivity contribution in [3.8, 4) is 17.3 Å². The quantitative estimate of drug-likeness (QED) is 0.428. The fourth-order valence-corrected chi connectivity index (χ4v) is 4.40. The van der Waals surface area contributed by atoms with E-state index < -0.39 is 0 Å². The minimum Gasteiger partial charge on any atom is -0.471 e. The number of nitrogens with zero attached hydrogens (tertiary/aromatic N) is 8. The Morgan fingerprint density at radius 3 is 2.76 bits per heavy atom. The average molecular weight is 465 g/mol. The molecule has 1 unspecified atom stereocenters. The highest BCUT2D eigenvalue weighted by Crippen LogP contribution is 2.30. The summed E-state index contributed by atoms with van der Waals surface area (Å²) in [5, 5.41) is 4.44. The number of aryl methyl sites for hydroxylation is 4. The van der Waals surface area contributed by atoms with E-state index in [-0.39, 0.29) is 12.0 Å². The van der Waals surface area contributed by atoms with Crippen LogP contribution in [0.2, 0.25) is 0 Å². The lowest BCUT2D eigenvalue weighted by molar-refractivity contribution is 0.0737. The average Bonchev–Trinajstić information content (AvgIpc) is 3.60. The van der Waals surface area contributed by atoms with Crippen molar-refractivity contribution in [3.05, 3.63) is 35.6 Å². The minimum atomic E-state index is -0.203. The van der Waals surface area contributed by atoms with Crippen LogP contribution < -0.4 is 4.74 Å². The lowest BCUT2D eigenvalue weighted by Gasteiger charge is -2.16. The molecule has 0 spiro atoms. The van der Waals surface area contributed by atoms with Gasteiger partial charge in [0, 0.05) is 38.7 Å². The summed E-state index contributed by atoms with van der Waals surface area (Å²) in [5.41, 5.74) is 3.87. The monoisotopic (exact) mass is 464 g/mol. The van der Waals surface area contributed by atoms with Crippen LogP contribution in [0, 0.1) is 13.8 Å². The number of amides is 1. The molecule has 1 atom stereocenters. The van der Waals surface area contributed by atoms with E-state index in [2.05, 4.69) is 27.0 Å². The summed E-state index contributed by atoms with van der Waals surface area (Å²) in [7, 11) is 1.92. The van der Waals surface area contributed by atoms with E-state index in [9.17, 15) is 4.79 Å². The summed E-state index contributed by atoms with van der Waals surface area (Å²) in [4.78, 5) is 32.6. The minimum absolute atomic E-state index is 0.160. The molecule has 1 fully saturated rings. The SMILES string of the molecule is CCc1nc(C)c(C(=O)N2CCC(Oc3ncnc4c3nc(-c3cnn(CC)c3C)n4C)C2)o1. The number of rotatable bonds is 6. The predicted octanol–water partition coefficient (Wildman–Crippen LogP) is 2.71. The van der Waals surface area contributed by atoms with Crippen LogP contribution in [0.5, 0.6) is 5.88 Å². The zero-order valence-electron chi connectivity index (χ0n) is 20.1. The van der Waals surface area contributed by atoms with E-state index in [1.54, 1.807) is 11.8 Å². The summed E-state index contributed by atoms with van der Waals surface area (Å²) in [5.74, 6) is 1.89. The first kappa shape index (κ1) is 22.1. The van der Waals surface area contributed by atoms with Crippen LogP contribution in [0.25, 0.3) is 22.6 Å². The summed E-state index contributed by atoms with van der Waals surface area (Å²) in [6.07, 6.45) is 4.43. The Morgan fingerprint density at radius 1 is 1.24 bits per heavy atom. The van der Waals surface area contributed by atoms with Crippen molar-refractivity contribution in [1.29, 1.82) is 0 Å². The molecule has 0 N–H and O–H groups in total. The molecular weight excluding hydrogens is 436 g/mol. The molecule has 34 heavy (non-hydrogen) atoms. The molecule has 4 aromatic heterocycles. The van der Waals surface area contributed by atoms with Gasteiger partial charge < -0.3 is 18.6 Å². The molecular formula is C23H28N8O3. The van der Waals surface area contributed by atoms with Gasteiger partial charge in [-0.1, -0.05) is 6.92 Å². The van der Waals surface area contributed by atoms with Gasteiger partial charge in [0.2, 0.25) is 11.6 Å². The van der Waals surface area contributed by atoms with Crippen LogP contribution in [-0.4, -0.2) is 64.3 Å². The van der Waals surface area contributed by atoms with Gasteiger partial charge in [-0.3, -0.25) is 9.48 Å². The van der Waals surface area contributed by atoms with Crippen LogP contribution in [-0.2, 0) is 20.0 Å². The molecule has 0 aromatic carbocycles. The predicted molar refractivity (Wildman–Crippen MR) is 123 cm³/mol. The van der Waals surface area contributed by atoms with Crippen LogP contribution in [0.1, 0.15) is 48.1 Å². The molecule has 5 heterocycles. The molecule has 1 amide bonds. The van der Waals surface area contributed by atoms with Crippen molar-refractivity contribution in [1.82, 2.24) is 39.2 Å². The van der Waals surface area contributed by atoms with Crippen LogP contribution in [0.4, 0.5) is 0 Å². The van der Waals surface area contributed by atoms with Crippen molar-refractivity contribution in [2.24, 2.45) is 7.05 Å². The lowest BCUT2D eigenvalue weighted by Crippen LogP contribution is -2.31. The third-order valence-corrected chi connectivity index (χ3v) is 6.31. The van der Waals surface area contributed by atoms with E-state index in [1.165, 1.54) is 6.33 Å². The molecule has 178 valence electrons. The highest BCUT2D eigenvalue weighted by atomic mass is 16.5. The first-order chi connectivity index (χ1) is 16.4. The van der Waals surface area contributed by atoms with E-state index in [4.69, 9.17) is 14.1 Å². The lowest BCUT2D eigenvalue weighted by atomic mass is 10.2. The molecule has 11 heteroatoms. The number of oxazole rings is 1. The van der Waals surface area contributed by atoms with E-state index in [0.717, 1.165) is 23.6 Å². The number of aromatic nitrogens is 7. The standard InChI is InChI=1S/C23H28N8O3/c1-6-17-27-13(3)19(34-17)23(32)30-9-8-15(11-30)33-22-18-21(24-12-25-22)29(5)20(28-18)16-10-26-31(7-2)14(16)4/h10,12,15H,6-9,11H2,1-5H3. The second kappa shape index (κ2) is 8.54. The molecule has 4 aromatic rings. The van der Waals surface area contributed by atoms with E-state index in [0.29, 0.717) is 60.3 Å². The van der Waals surface area contributed by atoms with Crippen LogP contribution in [0.3, 0.4) is 0 Å². The number of ether oxygens (including phenoxy) is 1. The van der Waals surface area contributed by atoms with Gasteiger partial charge in [0.25, 0.3) is 5.91 Å². The van der Waals surface area contributed by atoms with Gasteiger partial charge in [-0.05, 0) is 20.8 Å². The van der Waals surface area contributed by atoms with Crippen molar-refractivity contribution < 1.29 is 13.9 Å². The molecule has 0 radical (unpaired) electrons. The maximum atomic E-state index is 13.0. The molecule has 0 aliphatic carbocycles. The van der Waals surface area contributed by atoms with E-state index >= 15 is 0 Å². The number of hydrogen-bond donors (Lipinski definition) is 0. The van der Waals surface area contributed by atoms with Crippen LogP contribution >= 0.6 is 0 Å². The Bertz CT molecular complexity index is 1370. The normalized spacial score (nSPS) is 16.0. The second-order valence-electron chi connectivity index (χ2n) is 8.46. The number of imidazole rings is 1. The molecule has 5 rings (SSSR count). The molecule has 1 aliphatic heterocycles. The Kier molecular flexibility index (Phi) is 5.54. The molecule has 1 saturated heterocycles. The Morgan fingerprint density at radius 2 is 2.06 bits per heavy atom. The highest BCUT2D eigenvalue weighted by molar-refractivity contribution is 5.92. The summed E-state index contributed by atoms with van der Waals surface area (Å²) < 4.78 is 15.7. The fraction of sp³-hybridized carbons (Fsp3) is 0.478. The fourth-order valence-electron chi connectivity index (χ4n) is 4.40. The van der Waals surface area contributed by atoms with Gasteiger partial charge in [0.05, 0.1) is 24.0 Å². The first-order valence-electron chi connectivity index (χ1n) is 11.5. The Balaban J connectivity index is 1.38. The maximum absolute atomic E-state index is 13.0. The maximum Gasteiger partial charge on any atom is 0.291 e. The van der Waals surface area contributed by atoms with Crippen molar-refractivity contribution in [3.63, 3.8) is 0 Å². The van der Waals surface area contributed by atoms with Gasteiger partial charge in [-0.15, -0.1) is 0 Å². The third kappa shape index (κ3) is 3.61. The zero-order valence-corrected chi connectivity index (χ0v) is 20.1. The van der Waals surface area contributed by atoms with Gasteiger partial charge in [0.15, 0.2) is 17.1 Å². The summed E-state index contributed by atoms with van der Waals surface area (Å²) in [6.45, 7) is 9.62. The summed E-state index contributed by atoms with van der Waals surface area (Å²) >= 11 is 0. The number of carbonyl (C=O) groups is 1. The molecule has 0 saturated carbocycles. The Hall–Kier alpha value is -3.76. The number of carbonyl (C=O) groups excluding carboxylic acids is 1. The van der Waals surface area contributed by atoms with Gasteiger partial charge >= 0.3 is 0 Å². The Labute approximate surface area is 196 Å². The van der Waals surface area contributed by atoms with Crippen molar-refractivity contribution in [2.45, 2.75) is 53.2 Å². The number of fused-ring (bicyclic) bond motifs is 1. The van der Waals surface area contributed by atoms with E-state index in [1.807, 2.05) is 36.3 Å². The number of hydrogen-bond acceptors (Lipinski definition) is 8. The molecule has 11 nitrogen and oxygen atoms in total. The number of likely N-dealkylation sites (tertiary alicyclic amines) is 1. The molecule has 1 aliphatic rings. The third-order valence-electron chi connectivity index (χ3n) is 6.31. The largest absolute Gasteiger partial charge is 0.471 e. The smallest absolute Gasteiger partial charge is 0.291 e. The summed E-state index contributed by atoms with van der Waals surface area (Å²) in [6, 6.07) is 0. The van der Waals surface area contributed by atoms with Crippen molar-refractivity contribution >= 4 is 17.1 Å².